The Morgan fingerprint density at radius 3 is 0.939 bits per heavy atom. The van der Waals surface area contributed by atoms with E-state index in [2.05, 4.69) is 126 Å². The predicted octanol–water partition coefficient (Wildman–Crippen LogP) is 20.0. The molecule has 354 valence electrons. The standard InChI is InChI=1S/C64H88N2/c1-7-11-15-19-23-31-43-63(44-32-24-20-16-12-8-2)57-37-29-27-35-53(57)55-41-39-51(47-59(55)63)61-49(5)50(6)62(66-65-61)52-40-42-56-54-36-28-30-38-58(54)64(60(56)48-52,45-33-25-21-17-13-9-3)46-34-26-22-18-14-10-4/h27-30,35-42,47-48H,7-26,31-34,43-46H2,1-6H3. The van der Waals surface area contributed by atoms with Crippen LogP contribution in [0.1, 0.15) is 241 Å². The first kappa shape index (κ1) is 49.9. The first-order valence-electron chi connectivity index (χ1n) is 27.8. The molecule has 0 radical (unpaired) electrons. The van der Waals surface area contributed by atoms with Crippen molar-refractivity contribution >= 4 is 0 Å². The molecule has 2 aliphatic rings. The van der Waals surface area contributed by atoms with Gasteiger partial charge in [-0.25, -0.2) is 0 Å². The molecule has 0 saturated heterocycles. The highest BCUT2D eigenvalue weighted by atomic mass is 15.1. The molecule has 66 heavy (non-hydrogen) atoms. The number of hydrogen-bond donors (Lipinski definition) is 0. The maximum absolute atomic E-state index is 5.21. The fraction of sp³-hybridized carbons (Fsp3) is 0.562. The summed E-state index contributed by atoms with van der Waals surface area (Å²) in [6.07, 6.45) is 36.9. The van der Waals surface area contributed by atoms with E-state index in [1.807, 2.05) is 0 Å². The highest BCUT2D eigenvalue weighted by molar-refractivity contribution is 5.86. The van der Waals surface area contributed by atoms with Gasteiger partial charge in [0.1, 0.15) is 0 Å². The van der Waals surface area contributed by atoms with Crippen LogP contribution >= 0.6 is 0 Å². The minimum absolute atomic E-state index is 0.0489. The van der Waals surface area contributed by atoms with Crippen LogP contribution in [-0.2, 0) is 10.8 Å². The van der Waals surface area contributed by atoms with Gasteiger partial charge < -0.3 is 0 Å². The summed E-state index contributed by atoms with van der Waals surface area (Å²) in [6.45, 7) is 13.9. The van der Waals surface area contributed by atoms with Gasteiger partial charge in [-0.1, -0.05) is 255 Å². The fourth-order valence-electron chi connectivity index (χ4n) is 12.5. The number of nitrogens with zero attached hydrogens (tertiary/aromatic N) is 2. The normalized spacial score (nSPS) is 14.0. The van der Waals surface area contributed by atoms with Crippen LogP contribution in [0.15, 0.2) is 84.9 Å². The quantitative estimate of drug-likeness (QED) is 0.0429. The molecule has 4 aromatic carbocycles. The van der Waals surface area contributed by atoms with E-state index in [0.29, 0.717) is 0 Å². The van der Waals surface area contributed by atoms with E-state index in [-0.39, 0.29) is 10.8 Å². The average Bonchev–Trinajstić information content (AvgIpc) is 3.77. The van der Waals surface area contributed by atoms with Gasteiger partial charge >= 0.3 is 0 Å². The van der Waals surface area contributed by atoms with Crippen molar-refractivity contribution in [3.63, 3.8) is 0 Å². The summed E-state index contributed by atoms with van der Waals surface area (Å²) in [6, 6.07) is 33.5. The van der Waals surface area contributed by atoms with Crippen LogP contribution in [0, 0.1) is 13.8 Å². The third-order valence-corrected chi connectivity index (χ3v) is 16.4. The smallest absolute Gasteiger partial charge is 0.0961 e. The average molecular weight is 885 g/mol. The number of hydrogen-bond acceptors (Lipinski definition) is 2. The van der Waals surface area contributed by atoms with Crippen LogP contribution in [0.3, 0.4) is 0 Å². The Morgan fingerprint density at radius 1 is 0.318 bits per heavy atom. The molecule has 0 aliphatic heterocycles. The summed E-state index contributed by atoms with van der Waals surface area (Å²) in [5, 5.41) is 10.4. The summed E-state index contributed by atoms with van der Waals surface area (Å²) in [5.74, 6) is 0. The number of benzene rings is 4. The zero-order valence-electron chi connectivity index (χ0n) is 42.8. The molecule has 2 heteroatoms. The zero-order chi connectivity index (χ0) is 46.2. The number of fused-ring (bicyclic) bond motifs is 6. The van der Waals surface area contributed by atoms with Crippen molar-refractivity contribution in [1.29, 1.82) is 0 Å². The third-order valence-electron chi connectivity index (χ3n) is 16.4. The minimum atomic E-state index is 0.0489. The first-order valence-corrected chi connectivity index (χ1v) is 27.8. The van der Waals surface area contributed by atoms with Crippen LogP contribution < -0.4 is 0 Å². The topological polar surface area (TPSA) is 25.8 Å². The van der Waals surface area contributed by atoms with Crippen LogP contribution in [0.4, 0.5) is 0 Å². The molecule has 0 fully saturated rings. The van der Waals surface area contributed by atoms with Crippen LogP contribution in [0.2, 0.25) is 0 Å². The lowest BCUT2D eigenvalue weighted by Crippen LogP contribution is -2.25. The monoisotopic (exact) mass is 885 g/mol. The molecule has 1 aromatic heterocycles. The predicted molar refractivity (Wildman–Crippen MR) is 287 cm³/mol. The Kier molecular flexibility index (Phi) is 18.8. The molecule has 0 amide bonds. The molecule has 0 saturated carbocycles. The van der Waals surface area contributed by atoms with Crippen LogP contribution in [0.5, 0.6) is 0 Å². The van der Waals surface area contributed by atoms with Crippen molar-refractivity contribution in [2.45, 2.75) is 232 Å². The maximum atomic E-state index is 5.21. The minimum Gasteiger partial charge on any atom is -0.150 e. The molecule has 0 unspecified atom stereocenters. The van der Waals surface area contributed by atoms with Gasteiger partial charge in [0.25, 0.3) is 0 Å². The van der Waals surface area contributed by atoms with Crippen LogP contribution in [0.25, 0.3) is 44.8 Å². The van der Waals surface area contributed by atoms with E-state index >= 15 is 0 Å². The summed E-state index contributed by atoms with van der Waals surface area (Å²) in [7, 11) is 0. The molecule has 1 heterocycles. The molecule has 0 atom stereocenters. The third kappa shape index (κ3) is 11.1. The van der Waals surface area contributed by atoms with Crippen molar-refractivity contribution in [1.82, 2.24) is 10.2 Å². The number of unbranched alkanes of at least 4 members (excludes halogenated alkanes) is 20. The molecule has 0 spiro atoms. The van der Waals surface area contributed by atoms with Crippen LogP contribution in [-0.4, -0.2) is 10.2 Å². The van der Waals surface area contributed by atoms with Crippen molar-refractivity contribution < 1.29 is 0 Å². The van der Waals surface area contributed by atoms with E-state index in [9.17, 15) is 0 Å². The molecule has 5 aromatic rings. The summed E-state index contributed by atoms with van der Waals surface area (Å²) in [5.41, 5.74) is 19.1. The van der Waals surface area contributed by atoms with Crippen molar-refractivity contribution in [3.05, 3.63) is 118 Å². The van der Waals surface area contributed by atoms with Gasteiger partial charge in [0, 0.05) is 22.0 Å². The largest absolute Gasteiger partial charge is 0.150 e. The highest BCUT2D eigenvalue weighted by Gasteiger charge is 2.44. The Labute approximate surface area is 403 Å². The molecule has 0 bridgehead atoms. The maximum Gasteiger partial charge on any atom is 0.0961 e. The van der Waals surface area contributed by atoms with E-state index < -0.39 is 0 Å². The zero-order valence-corrected chi connectivity index (χ0v) is 42.8. The Morgan fingerprint density at radius 2 is 0.606 bits per heavy atom. The summed E-state index contributed by atoms with van der Waals surface area (Å²) >= 11 is 0. The molecular weight excluding hydrogens is 797 g/mol. The van der Waals surface area contributed by atoms with Gasteiger partial charge in [0.2, 0.25) is 0 Å². The van der Waals surface area contributed by atoms with Crippen molar-refractivity contribution in [3.8, 4) is 44.8 Å². The Bertz CT molecular complexity index is 2090. The first-order chi connectivity index (χ1) is 32.4. The SMILES string of the molecule is CCCCCCCCC1(CCCCCCCC)c2ccccc2-c2ccc(-c3nnc(-c4ccc5c(c4)C(CCCCCCCC)(CCCCCCCC)c4ccccc4-5)c(C)c3C)cc21. The van der Waals surface area contributed by atoms with Gasteiger partial charge in [-0.15, -0.1) is 10.2 Å². The summed E-state index contributed by atoms with van der Waals surface area (Å²) < 4.78 is 0. The van der Waals surface area contributed by atoms with Crippen molar-refractivity contribution in [2.75, 3.05) is 0 Å². The van der Waals surface area contributed by atoms with Gasteiger partial charge in [-0.2, -0.15) is 0 Å². The van der Waals surface area contributed by atoms with Gasteiger partial charge in [0.15, 0.2) is 0 Å². The second kappa shape index (κ2) is 24.8. The number of rotatable bonds is 30. The van der Waals surface area contributed by atoms with Crippen molar-refractivity contribution in [2.24, 2.45) is 0 Å². The molecule has 0 N–H and O–H groups in total. The second-order valence-electron chi connectivity index (χ2n) is 21.0. The van der Waals surface area contributed by atoms with E-state index in [4.69, 9.17) is 10.2 Å². The highest BCUT2D eigenvalue weighted by Crippen LogP contribution is 2.57. The molecular formula is C64H88N2. The lowest BCUT2D eigenvalue weighted by molar-refractivity contribution is 0.398. The van der Waals surface area contributed by atoms with Gasteiger partial charge in [-0.05, 0) is 107 Å². The molecule has 2 nitrogen and oxygen atoms in total. The Balaban J connectivity index is 1.22. The Hall–Kier alpha value is -4.04. The van der Waals surface area contributed by atoms with Gasteiger partial charge in [-0.3, -0.25) is 0 Å². The summed E-state index contributed by atoms with van der Waals surface area (Å²) in [4.78, 5) is 0. The molecule has 2 aliphatic carbocycles. The lowest BCUT2D eigenvalue weighted by atomic mass is 9.70. The number of aromatic nitrogens is 2. The van der Waals surface area contributed by atoms with E-state index in [1.54, 1.807) is 11.1 Å². The van der Waals surface area contributed by atoms with E-state index in [1.165, 1.54) is 235 Å². The van der Waals surface area contributed by atoms with E-state index in [0.717, 1.165) is 11.4 Å². The lowest BCUT2D eigenvalue weighted by Gasteiger charge is -2.33. The molecule has 7 rings (SSSR count). The fourth-order valence-corrected chi connectivity index (χ4v) is 12.5. The second-order valence-corrected chi connectivity index (χ2v) is 21.0. The van der Waals surface area contributed by atoms with Gasteiger partial charge in [0.05, 0.1) is 11.4 Å².